The van der Waals surface area contributed by atoms with Crippen molar-refractivity contribution in [2.75, 3.05) is 29.9 Å². The van der Waals surface area contributed by atoms with E-state index in [1.54, 1.807) is 4.68 Å². The van der Waals surface area contributed by atoms with Crippen molar-refractivity contribution in [2.24, 2.45) is 0 Å². The number of benzene rings is 1. The summed E-state index contributed by atoms with van der Waals surface area (Å²) in [7, 11) is 0. The van der Waals surface area contributed by atoms with Crippen LogP contribution < -0.4 is 20.3 Å². The molecule has 53 heavy (non-hydrogen) atoms. The zero-order valence-electron chi connectivity index (χ0n) is 31.7. The molecule has 3 aliphatic rings. The number of ether oxygens (including phenoxy) is 1. The number of carbonyl (C=O) groups excluding carboxylic acids is 1. The Morgan fingerprint density at radius 3 is 2.53 bits per heavy atom. The van der Waals surface area contributed by atoms with Gasteiger partial charge in [-0.15, -0.1) is 10.2 Å². The Kier molecular flexibility index (Phi) is 9.61. The van der Waals surface area contributed by atoms with Gasteiger partial charge in [0.25, 0.3) is 0 Å². The molecule has 0 unspecified atom stereocenters. The van der Waals surface area contributed by atoms with E-state index < -0.39 is 0 Å². The maximum atomic E-state index is 13.7. The highest BCUT2D eigenvalue weighted by Crippen LogP contribution is 2.39. The fourth-order valence-corrected chi connectivity index (χ4v) is 8.19. The number of anilines is 2. The molecule has 5 aromatic rings. The highest BCUT2D eigenvalue weighted by molar-refractivity contribution is 5.89. The van der Waals surface area contributed by atoms with Gasteiger partial charge in [0, 0.05) is 36.7 Å². The zero-order chi connectivity index (χ0) is 36.7. The summed E-state index contributed by atoms with van der Waals surface area (Å²) in [6.07, 6.45) is 13.2. The minimum Gasteiger partial charge on any atom is -0.484 e. The van der Waals surface area contributed by atoms with Crippen molar-refractivity contribution in [2.45, 2.75) is 116 Å². The minimum absolute atomic E-state index is 0.153. The van der Waals surface area contributed by atoms with E-state index >= 15 is 0 Å². The standard InChI is InChI=1S/C40H53N11O2/c1-27-12-10-19-47(27)21-22-48-25-29(24-41-48)51-37(23-35(46-51)40(3,4)5)43-38(52)42-33-16-17-34(32-14-7-6-13-31(32)33)53-30-15-18-36-44-45-39(50(36)26-30)49-20-9-8-11-28(49)2/h6-7,13-15,18,23-28,33-34H,8-12,16-17,19-22H2,1-5H3,(H2,42,43,52)/t27-,28+,33+,34-/m1/s1. The molecule has 2 saturated heterocycles. The van der Waals surface area contributed by atoms with Gasteiger partial charge in [-0.3, -0.25) is 19.3 Å². The van der Waals surface area contributed by atoms with Crippen LogP contribution in [0.2, 0.25) is 0 Å². The lowest BCUT2D eigenvalue weighted by Gasteiger charge is -2.33. The van der Waals surface area contributed by atoms with Crippen molar-refractivity contribution in [3.8, 4) is 11.4 Å². The van der Waals surface area contributed by atoms with Crippen LogP contribution in [0.15, 0.2) is 61.1 Å². The number of nitrogens with zero attached hydrogens (tertiary/aromatic N) is 9. The molecule has 2 N–H and O–H groups in total. The molecule has 4 aromatic heterocycles. The van der Waals surface area contributed by atoms with Gasteiger partial charge in [-0.2, -0.15) is 10.2 Å². The summed E-state index contributed by atoms with van der Waals surface area (Å²) in [5.74, 6) is 2.24. The van der Waals surface area contributed by atoms with Crippen LogP contribution >= 0.6 is 0 Å². The molecule has 0 radical (unpaired) electrons. The predicted molar refractivity (Wildman–Crippen MR) is 206 cm³/mol. The Hall–Kier alpha value is -4.91. The van der Waals surface area contributed by atoms with Gasteiger partial charge in [0.2, 0.25) is 5.95 Å². The van der Waals surface area contributed by atoms with Crippen molar-refractivity contribution in [1.82, 2.24) is 44.4 Å². The van der Waals surface area contributed by atoms with E-state index in [2.05, 4.69) is 86.9 Å². The number of amides is 2. The second-order valence-electron chi connectivity index (χ2n) is 16.2. The van der Waals surface area contributed by atoms with E-state index in [4.69, 9.17) is 9.84 Å². The lowest BCUT2D eigenvalue weighted by atomic mass is 9.85. The van der Waals surface area contributed by atoms with Crippen molar-refractivity contribution in [3.05, 3.63) is 77.9 Å². The molecule has 2 aliphatic heterocycles. The lowest BCUT2D eigenvalue weighted by molar-refractivity contribution is 0.171. The van der Waals surface area contributed by atoms with Gasteiger partial charge in [-0.1, -0.05) is 45.0 Å². The number of likely N-dealkylation sites (tertiary alicyclic amines) is 1. The molecule has 0 spiro atoms. The van der Waals surface area contributed by atoms with Gasteiger partial charge < -0.3 is 15.0 Å². The monoisotopic (exact) mass is 719 g/mol. The van der Waals surface area contributed by atoms with Crippen LogP contribution in [0.5, 0.6) is 5.75 Å². The second kappa shape index (κ2) is 14.5. The van der Waals surface area contributed by atoms with E-state index in [1.165, 1.54) is 19.3 Å². The van der Waals surface area contributed by atoms with Gasteiger partial charge >= 0.3 is 6.03 Å². The summed E-state index contributed by atoms with van der Waals surface area (Å²) in [5.41, 5.74) is 4.44. The molecule has 6 heterocycles. The zero-order valence-corrected chi connectivity index (χ0v) is 31.7. The van der Waals surface area contributed by atoms with Crippen LogP contribution in [0.25, 0.3) is 11.3 Å². The molecule has 0 bridgehead atoms. The molecule has 13 nitrogen and oxygen atoms in total. The van der Waals surface area contributed by atoms with Crippen LogP contribution in [0.4, 0.5) is 16.6 Å². The predicted octanol–water partition coefficient (Wildman–Crippen LogP) is 7.05. The van der Waals surface area contributed by atoms with Gasteiger partial charge in [-0.25, -0.2) is 9.48 Å². The van der Waals surface area contributed by atoms with E-state index in [1.807, 2.05) is 53.6 Å². The summed E-state index contributed by atoms with van der Waals surface area (Å²) in [5, 5.41) is 25.0. The van der Waals surface area contributed by atoms with E-state index in [0.29, 0.717) is 17.9 Å². The summed E-state index contributed by atoms with van der Waals surface area (Å²) < 4.78 is 12.5. The number of carbonyl (C=O) groups is 1. The smallest absolute Gasteiger partial charge is 0.320 e. The molecular weight excluding hydrogens is 667 g/mol. The van der Waals surface area contributed by atoms with Crippen molar-refractivity contribution in [1.29, 1.82) is 0 Å². The molecule has 4 atom stereocenters. The fourth-order valence-electron chi connectivity index (χ4n) is 8.19. The van der Waals surface area contributed by atoms with Crippen molar-refractivity contribution < 1.29 is 9.53 Å². The Bertz CT molecular complexity index is 2060. The summed E-state index contributed by atoms with van der Waals surface area (Å²) in [4.78, 5) is 18.6. The van der Waals surface area contributed by atoms with E-state index in [9.17, 15) is 4.79 Å². The molecular formula is C40H53N11O2. The SMILES string of the molecule is C[C@@H]1CCCN1CCn1cc(-n2nc(C(C)(C)C)cc2NC(=O)N[C@H]2CC[C@@H](Oc3ccc4nnc(N5CCCC[C@@H]5C)n4c3)c3ccccc32)cn1. The summed E-state index contributed by atoms with van der Waals surface area (Å²) >= 11 is 0. The molecule has 280 valence electrons. The Morgan fingerprint density at radius 2 is 1.74 bits per heavy atom. The number of rotatable bonds is 9. The largest absolute Gasteiger partial charge is 0.484 e. The molecule has 1 aliphatic carbocycles. The lowest BCUT2D eigenvalue weighted by Crippen LogP contribution is -2.38. The van der Waals surface area contributed by atoms with Gasteiger partial charge in [0.1, 0.15) is 23.4 Å². The third kappa shape index (κ3) is 7.36. The number of urea groups is 1. The fraction of sp³-hybridized carbons (Fsp3) is 0.525. The highest BCUT2D eigenvalue weighted by atomic mass is 16.5. The van der Waals surface area contributed by atoms with Crippen LogP contribution in [0.1, 0.15) is 109 Å². The average molecular weight is 720 g/mol. The second-order valence-corrected chi connectivity index (χ2v) is 16.2. The maximum Gasteiger partial charge on any atom is 0.320 e. The number of fused-ring (bicyclic) bond motifs is 2. The highest BCUT2D eigenvalue weighted by Gasteiger charge is 2.31. The normalized spacial score (nSPS) is 22.2. The third-order valence-electron chi connectivity index (χ3n) is 11.3. The van der Waals surface area contributed by atoms with Crippen molar-refractivity contribution >= 4 is 23.4 Å². The first-order valence-electron chi connectivity index (χ1n) is 19.4. The van der Waals surface area contributed by atoms with Gasteiger partial charge in [0.05, 0.1) is 36.9 Å². The minimum atomic E-state index is -0.279. The van der Waals surface area contributed by atoms with Crippen LogP contribution in [-0.4, -0.2) is 76.8 Å². The quantitative estimate of drug-likeness (QED) is 0.166. The van der Waals surface area contributed by atoms with Gasteiger partial charge in [-0.05, 0) is 88.6 Å². The third-order valence-corrected chi connectivity index (χ3v) is 11.3. The molecule has 2 amide bonds. The van der Waals surface area contributed by atoms with E-state index in [0.717, 1.165) is 91.7 Å². The first-order valence-corrected chi connectivity index (χ1v) is 19.4. The molecule has 8 rings (SSSR count). The first kappa shape index (κ1) is 35.1. The number of hydrogen-bond donors (Lipinski definition) is 2. The Labute approximate surface area is 311 Å². The Balaban J connectivity index is 0.966. The maximum absolute atomic E-state index is 13.7. The summed E-state index contributed by atoms with van der Waals surface area (Å²) in [6, 6.07) is 14.8. The van der Waals surface area contributed by atoms with Crippen molar-refractivity contribution in [3.63, 3.8) is 0 Å². The summed E-state index contributed by atoms with van der Waals surface area (Å²) in [6.45, 7) is 14.8. The van der Waals surface area contributed by atoms with Gasteiger partial charge in [0.15, 0.2) is 5.65 Å². The molecule has 13 heteroatoms. The number of pyridine rings is 1. The first-order chi connectivity index (χ1) is 25.6. The number of hydrogen-bond acceptors (Lipinski definition) is 8. The number of aromatic nitrogens is 7. The van der Waals surface area contributed by atoms with Crippen LogP contribution in [-0.2, 0) is 12.0 Å². The molecule has 2 fully saturated rings. The average Bonchev–Trinajstić information content (AvgIpc) is 3.95. The topological polar surface area (TPSA) is 123 Å². The van der Waals surface area contributed by atoms with Crippen LogP contribution in [0.3, 0.4) is 0 Å². The number of piperidine rings is 1. The molecule has 1 aromatic carbocycles. The van der Waals surface area contributed by atoms with Crippen LogP contribution in [0, 0.1) is 0 Å². The van der Waals surface area contributed by atoms with E-state index in [-0.39, 0.29) is 23.6 Å². The Morgan fingerprint density at radius 1 is 0.906 bits per heavy atom. The number of nitrogens with one attached hydrogen (secondary N) is 2. The molecule has 0 saturated carbocycles.